The van der Waals surface area contributed by atoms with Crippen molar-refractivity contribution in [1.82, 2.24) is 10.6 Å². The first-order valence-corrected chi connectivity index (χ1v) is 6.87. The van der Waals surface area contributed by atoms with Crippen molar-refractivity contribution in [3.8, 4) is 0 Å². The fourth-order valence-corrected chi connectivity index (χ4v) is 2.85. The summed E-state index contributed by atoms with van der Waals surface area (Å²) in [6.45, 7) is 2.37. The van der Waals surface area contributed by atoms with E-state index in [2.05, 4.69) is 10.6 Å². The van der Waals surface area contributed by atoms with Crippen molar-refractivity contribution in [2.45, 2.75) is 32.1 Å². The van der Waals surface area contributed by atoms with Gasteiger partial charge in [0.05, 0.1) is 5.92 Å². The number of hydrogen-bond acceptors (Lipinski definition) is 3. The molecular weight excluding hydrogens is 232 g/mol. The lowest BCUT2D eigenvalue weighted by Crippen LogP contribution is -2.45. The molecule has 1 saturated heterocycles. The summed E-state index contributed by atoms with van der Waals surface area (Å²) >= 11 is 0. The molecule has 18 heavy (non-hydrogen) atoms. The van der Waals surface area contributed by atoms with Gasteiger partial charge in [0.1, 0.15) is 0 Å². The average molecular weight is 254 g/mol. The van der Waals surface area contributed by atoms with Crippen LogP contribution in [0.1, 0.15) is 32.1 Å². The van der Waals surface area contributed by atoms with Crippen LogP contribution in [0, 0.1) is 17.8 Å². The van der Waals surface area contributed by atoms with E-state index in [0.717, 1.165) is 38.8 Å². The van der Waals surface area contributed by atoms with Crippen molar-refractivity contribution in [3.05, 3.63) is 0 Å². The molecule has 2 fully saturated rings. The SMILES string of the molecule is O=C(CC1CNC1)NCC1CCCCC1C(=O)O. The van der Waals surface area contributed by atoms with E-state index >= 15 is 0 Å². The zero-order valence-corrected chi connectivity index (χ0v) is 10.7. The number of carbonyl (C=O) groups is 2. The van der Waals surface area contributed by atoms with Gasteiger partial charge in [0.25, 0.3) is 0 Å². The molecule has 1 heterocycles. The summed E-state index contributed by atoms with van der Waals surface area (Å²) in [5.41, 5.74) is 0. The molecule has 5 nitrogen and oxygen atoms in total. The Labute approximate surface area is 107 Å². The number of aliphatic carboxylic acids is 1. The third-order valence-electron chi connectivity index (χ3n) is 4.13. The van der Waals surface area contributed by atoms with Gasteiger partial charge in [-0.25, -0.2) is 0 Å². The summed E-state index contributed by atoms with van der Waals surface area (Å²) in [6.07, 6.45) is 4.31. The fourth-order valence-electron chi connectivity index (χ4n) is 2.85. The van der Waals surface area contributed by atoms with Crippen LogP contribution < -0.4 is 10.6 Å². The number of hydrogen-bond donors (Lipinski definition) is 3. The molecule has 3 N–H and O–H groups in total. The van der Waals surface area contributed by atoms with E-state index in [1.165, 1.54) is 0 Å². The molecular formula is C13H22N2O3. The van der Waals surface area contributed by atoms with E-state index < -0.39 is 5.97 Å². The highest BCUT2D eigenvalue weighted by Gasteiger charge is 2.31. The second-order valence-electron chi connectivity index (χ2n) is 5.52. The topological polar surface area (TPSA) is 78.4 Å². The van der Waals surface area contributed by atoms with Crippen LogP contribution in [-0.4, -0.2) is 36.6 Å². The summed E-state index contributed by atoms with van der Waals surface area (Å²) in [7, 11) is 0. The van der Waals surface area contributed by atoms with Gasteiger partial charge in [0.2, 0.25) is 5.91 Å². The molecule has 0 aromatic heterocycles. The Morgan fingerprint density at radius 1 is 1.22 bits per heavy atom. The quantitative estimate of drug-likeness (QED) is 0.671. The summed E-state index contributed by atoms with van der Waals surface area (Å²) in [5, 5.41) is 15.2. The lowest BCUT2D eigenvalue weighted by molar-refractivity contribution is -0.145. The Morgan fingerprint density at radius 3 is 2.56 bits per heavy atom. The second-order valence-corrected chi connectivity index (χ2v) is 5.52. The molecule has 2 unspecified atom stereocenters. The van der Waals surface area contributed by atoms with E-state index in [4.69, 9.17) is 5.11 Å². The molecule has 0 radical (unpaired) electrons. The van der Waals surface area contributed by atoms with Crippen LogP contribution in [0.5, 0.6) is 0 Å². The predicted molar refractivity (Wildman–Crippen MR) is 67.1 cm³/mol. The van der Waals surface area contributed by atoms with Crippen molar-refractivity contribution < 1.29 is 14.7 Å². The number of rotatable bonds is 5. The Bertz CT molecular complexity index is 315. The number of carboxylic acid groups (broad SMARTS) is 1. The first-order chi connectivity index (χ1) is 8.66. The number of nitrogens with one attached hydrogen (secondary N) is 2. The monoisotopic (exact) mass is 254 g/mol. The van der Waals surface area contributed by atoms with Crippen LogP contribution >= 0.6 is 0 Å². The maximum absolute atomic E-state index is 11.7. The number of carboxylic acids is 1. The Kier molecular flexibility index (Phi) is 4.58. The van der Waals surface area contributed by atoms with Crippen LogP contribution in [0.15, 0.2) is 0 Å². The first-order valence-electron chi connectivity index (χ1n) is 6.87. The van der Waals surface area contributed by atoms with Gasteiger partial charge in [0, 0.05) is 13.0 Å². The van der Waals surface area contributed by atoms with Crippen LogP contribution in [0.25, 0.3) is 0 Å². The standard InChI is InChI=1S/C13H22N2O3/c16-12(5-9-6-14-7-9)15-8-10-3-1-2-4-11(10)13(17)18/h9-11,14H,1-8H2,(H,15,16)(H,17,18). The predicted octanol–water partition coefficient (Wildman–Crippen LogP) is 0.603. The van der Waals surface area contributed by atoms with Gasteiger partial charge in [0.15, 0.2) is 0 Å². The number of amides is 1. The molecule has 5 heteroatoms. The molecule has 1 amide bonds. The molecule has 2 atom stereocenters. The number of carbonyl (C=O) groups excluding carboxylic acids is 1. The first kappa shape index (κ1) is 13.3. The van der Waals surface area contributed by atoms with Crippen molar-refractivity contribution in [1.29, 1.82) is 0 Å². The minimum Gasteiger partial charge on any atom is -0.481 e. The van der Waals surface area contributed by atoms with Gasteiger partial charge in [-0.3, -0.25) is 9.59 Å². The molecule has 2 rings (SSSR count). The molecule has 0 aromatic rings. The minimum atomic E-state index is -0.711. The van der Waals surface area contributed by atoms with Crippen LogP contribution in [0.3, 0.4) is 0 Å². The third-order valence-corrected chi connectivity index (χ3v) is 4.13. The van der Waals surface area contributed by atoms with Gasteiger partial charge >= 0.3 is 5.97 Å². The van der Waals surface area contributed by atoms with Crippen molar-refractivity contribution in [2.75, 3.05) is 19.6 Å². The van der Waals surface area contributed by atoms with E-state index in [0.29, 0.717) is 18.9 Å². The summed E-state index contributed by atoms with van der Waals surface area (Å²) in [4.78, 5) is 22.8. The Morgan fingerprint density at radius 2 is 1.94 bits per heavy atom. The molecule has 1 aliphatic heterocycles. The van der Waals surface area contributed by atoms with E-state index in [-0.39, 0.29) is 17.7 Å². The molecule has 1 aliphatic carbocycles. The molecule has 1 saturated carbocycles. The summed E-state index contributed by atoms with van der Waals surface area (Å²) < 4.78 is 0. The normalized spacial score (nSPS) is 28.4. The van der Waals surface area contributed by atoms with Gasteiger partial charge in [-0.1, -0.05) is 12.8 Å². The van der Waals surface area contributed by atoms with Gasteiger partial charge in [-0.2, -0.15) is 0 Å². The maximum Gasteiger partial charge on any atom is 0.306 e. The van der Waals surface area contributed by atoms with Crippen LogP contribution in [0.2, 0.25) is 0 Å². The average Bonchev–Trinajstić information content (AvgIpc) is 2.31. The minimum absolute atomic E-state index is 0.0659. The molecule has 0 aromatic carbocycles. The van der Waals surface area contributed by atoms with Crippen molar-refractivity contribution in [2.24, 2.45) is 17.8 Å². The molecule has 2 aliphatic rings. The second kappa shape index (κ2) is 6.18. The smallest absolute Gasteiger partial charge is 0.306 e. The fraction of sp³-hybridized carbons (Fsp3) is 0.846. The lowest BCUT2D eigenvalue weighted by atomic mass is 9.79. The maximum atomic E-state index is 11.7. The van der Waals surface area contributed by atoms with Gasteiger partial charge < -0.3 is 15.7 Å². The van der Waals surface area contributed by atoms with Gasteiger partial charge in [-0.05, 0) is 37.8 Å². The van der Waals surface area contributed by atoms with Gasteiger partial charge in [-0.15, -0.1) is 0 Å². The molecule has 0 spiro atoms. The Hall–Kier alpha value is -1.10. The highest BCUT2D eigenvalue weighted by atomic mass is 16.4. The molecule has 0 bridgehead atoms. The third kappa shape index (κ3) is 3.45. The summed E-state index contributed by atoms with van der Waals surface area (Å²) in [5.74, 6) is -0.343. The van der Waals surface area contributed by atoms with Crippen molar-refractivity contribution >= 4 is 11.9 Å². The molecule has 102 valence electrons. The van der Waals surface area contributed by atoms with E-state index in [9.17, 15) is 9.59 Å². The van der Waals surface area contributed by atoms with E-state index in [1.807, 2.05) is 0 Å². The Balaban J connectivity index is 1.73. The highest BCUT2D eigenvalue weighted by molar-refractivity contribution is 5.76. The summed E-state index contributed by atoms with van der Waals surface area (Å²) in [6, 6.07) is 0. The van der Waals surface area contributed by atoms with Crippen LogP contribution in [-0.2, 0) is 9.59 Å². The zero-order chi connectivity index (χ0) is 13.0. The van der Waals surface area contributed by atoms with Crippen LogP contribution in [0.4, 0.5) is 0 Å². The largest absolute Gasteiger partial charge is 0.481 e. The van der Waals surface area contributed by atoms with Crippen molar-refractivity contribution in [3.63, 3.8) is 0 Å². The highest BCUT2D eigenvalue weighted by Crippen LogP contribution is 2.29. The van der Waals surface area contributed by atoms with E-state index in [1.54, 1.807) is 0 Å². The zero-order valence-electron chi connectivity index (χ0n) is 10.7. The lowest BCUT2D eigenvalue weighted by Gasteiger charge is -2.30.